The summed E-state index contributed by atoms with van der Waals surface area (Å²) in [6.07, 6.45) is 2.17. The fourth-order valence-corrected chi connectivity index (χ4v) is 2.53. The van der Waals surface area contributed by atoms with Gasteiger partial charge >= 0.3 is 6.09 Å². The lowest BCUT2D eigenvalue weighted by molar-refractivity contribution is 0.0272. The summed E-state index contributed by atoms with van der Waals surface area (Å²) in [7, 11) is 1.56. The van der Waals surface area contributed by atoms with Crippen LogP contribution in [0.4, 0.5) is 4.79 Å². The number of hydrogen-bond acceptors (Lipinski definition) is 3. The van der Waals surface area contributed by atoms with E-state index in [1.165, 1.54) is 0 Å². The van der Waals surface area contributed by atoms with Crippen LogP contribution in [0.5, 0.6) is 0 Å². The number of amides is 1. The summed E-state index contributed by atoms with van der Waals surface area (Å²) in [5, 5.41) is 11.9. The fraction of sp³-hybridized carbons (Fsp3) is 0.889. The summed E-state index contributed by atoms with van der Waals surface area (Å²) in [6.45, 7) is 0. The minimum Gasteiger partial charge on any atom is -0.446 e. The average molecular weight is 185 g/mol. The number of carbonyl (C=O) groups is 1. The second kappa shape index (κ2) is 3.18. The van der Waals surface area contributed by atoms with Crippen LogP contribution >= 0.6 is 0 Å². The van der Waals surface area contributed by atoms with Crippen LogP contribution in [-0.4, -0.2) is 30.5 Å². The summed E-state index contributed by atoms with van der Waals surface area (Å²) < 4.78 is 5.18. The number of nitrogens with one attached hydrogen (secondary N) is 1. The zero-order chi connectivity index (χ0) is 9.42. The number of rotatable bonds is 1. The Bertz CT molecular complexity index is 217. The first-order valence-corrected chi connectivity index (χ1v) is 4.77. The van der Waals surface area contributed by atoms with Crippen LogP contribution in [0.3, 0.4) is 0 Å². The van der Waals surface area contributed by atoms with Crippen molar-refractivity contribution in [1.29, 1.82) is 0 Å². The molecule has 2 aliphatic carbocycles. The highest BCUT2D eigenvalue weighted by atomic mass is 16.6. The molecule has 0 aliphatic heterocycles. The van der Waals surface area contributed by atoms with E-state index < -0.39 is 0 Å². The highest BCUT2D eigenvalue weighted by Crippen LogP contribution is 2.45. The van der Waals surface area contributed by atoms with Gasteiger partial charge in [-0.05, 0) is 31.1 Å². The molecule has 0 saturated heterocycles. The summed E-state index contributed by atoms with van der Waals surface area (Å²) in [5.74, 6) is 0.747. The van der Waals surface area contributed by atoms with E-state index in [9.17, 15) is 9.90 Å². The topological polar surface area (TPSA) is 58.6 Å². The van der Waals surface area contributed by atoms with Crippen molar-refractivity contribution in [3.63, 3.8) is 0 Å². The molecule has 0 spiro atoms. The van der Waals surface area contributed by atoms with Crippen LogP contribution in [0.25, 0.3) is 0 Å². The molecule has 1 amide bonds. The molecular weight excluding hydrogens is 170 g/mol. The van der Waals surface area contributed by atoms with Crippen molar-refractivity contribution >= 4 is 6.09 Å². The number of aliphatic hydroxyl groups excluding tert-OH is 1. The van der Waals surface area contributed by atoms with Gasteiger partial charge in [-0.1, -0.05) is 0 Å². The van der Waals surface area contributed by atoms with Crippen LogP contribution in [0.2, 0.25) is 0 Å². The Balaban J connectivity index is 1.88. The molecule has 0 radical (unpaired) electrons. The van der Waals surface area contributed by atoms with Gasteiger partial charge in [-0.25, -0.2) is 4.79 Å². The van der Waals surface area contributed by atoms with E-state index in [4.69, 9.17) is 4.74 Å². The lowest BCUT2D eigenvalue weighted by Gasteiger charge is -2.24. The number of alkyl carbamates (subject to hydrolysis) is 1. The van der Waals surface area contributed by atoms with Crippen molar-refractivity contribution in [2.45, 2.75) is 31.5 Å². The molecule has 2 bridgehead atoms. The molecule has 0 aromatic heterocycles. The van der Waals surface area contributed by atoms with Gasteiger partial charge in [0, 0.05) is 7.05 Å². The summed E-state index contributed by atoms with van der Waals surface area (Å²) in [5.41, 5.74) is 0. The maximum absolute atomic E-state index is 10.9. The normalized spacial score (nSPS) is 42.0. The van der Waals surface area contributed by atoms with Crippen LogP contribution in [0.1, 0.15) is 19.3 Å². The average Bonchev–Trinajstić information content (AvgIpc) is 2.63. The smallest absolute Gasteiger partial charge is 0.407 e. The van der Waals surface area contributed by atoms with Crippen LogP contribution in [0.15, 0.2) is 0 Å². The molecule has 13 heavy (non-hydrogen) atoms. The van der Waals surface area contributed by atoms with E-state index in [-0.39, 0.29) is 18.3 Å². The molecule has 2 saturated carbocycles. The minimum atomic E-state index is -0.355. The zero-order valence-corrected chi connectivity index (χ0v) is 7.69. The van der Waals surface area contributed by atoms with Crippen molar-refractivity contribution in [2.24, 2.45) is 11.8 Å². The van der Waals surface area contributed by atoms with Crippen LogP contribution in [0, 0.1) is 11.8 Å². The van der Waals surface area contributed by atoms with Crippen LogP contribution in [-0.2, 0) is 4.74 Å². The first-order valence-electron chi connectivity index (χ1n) is 4.77. The SMILES string of the molecule is CNC(=O)OC1CC2CC1CC2O. The van der Waals surface area contributed by atoms with E-state index in [2.05, 4.69) is 5.32 Å². The molecular formula is C9H15NO3. The van der Waals surface area contributed by atoms with E-state index in [0.717, 1.165) is 19.3 Å². The van der Waals surface area contributed by atoms with Gasteiger partial charge in [-0.3, -0.25) is 0 Å². The second-order valence-electron chi connectivity index (χ2n) is 3.99. The van der Waals surface area contributed by atoms with Crippen molar-refractivity contribution < 1.29 is 14.6 Å². The molecule has 2 N–H and O–H groups in total. The predicted octanol–water partition coefficient (Wildman–Crippen LogP) is 0.502. The molecule has 0 heterocycles. The highest BCUT2D eigenvalue weighted by Gasteiger charge is 2.46. The van der Waals surface area contributed by atoms with Gasteiger partial charge in [0.1, 0.15) is 6.10 Å². The van der Waals surface area contributed by atoms with Crippen molar-refractivity contribution in [3.8, 4) is 0 Å². The number of aliphatic hydroxyl groups is 1. The Morgan fingerprint density at radius 1 is 1.38 bits per heavy atom. The van der Waals surface area contributed by atoms with Gasteiger partial charge in [-0.15, -0.1) is 0 Å². The number of hydrogen-bond donors (Lipinski definition) is 2. The standard InChI is InChI=1S/C9H15NO3/c1-10-9(12)13-8-4-5-2-6(8)3-7(5)11/h5-8,11H,2-4H2,1H3,(H,10,12). The van der Waals surface area contributed by atoms with Gasteiger partial charge in [0.25, 0.3) is 0 Å². The van der Waals surface area contributed by atoms with Gasteiger partial charge in [0.05, 0.1) is 6.10 Å². The Hall–Kier alpha value is -0.770. The third-order valence-electron chi connectivity index (χ3n) is 3.22. The van der Waals surface area contributed by atoms with E-state index in [0.29, 0.717) is 11.8 Å². The number of carbonyl (C=O) groups excluding carboxylic acids is 1. The van der Waals surface area contributed by atoms with Gasteiger partial charge in [0.15, 0.2) is 0 Å². The summed E-state index contributed by atoms with van der Waals surface area (Å²) in [6, 6.07) is 0. The Labute approximate surface area is 77.3 Å². The fourth-order valence-electron chi connectivity index (χ4n) is 2.53. The minimum absolute atomic E-state index is 0.0355. The maximum Gasteiger partial charge on any atom is 0.407 e. The molecule has 74 valence electrons. The van der Waals surface area contributed by atoms with E-state index in [1.807, 2.05) is 0 Å². The van der Waals surface area contributed by atoms with E-state index >= 15 is 0 Å². The largest absolute Gasteiger partial charge is 0.446 e. The van der Waals surface area contributed by atoms with Crippen molar-refractivity contribution in [3.05, 3.63) is 0 Å². The highest BCUT2D eigenvalue weighted by molar-refractivity contribution is 5.66. The predicted molar refractivity (Wildman–Crippen MR) is 46.2 cm³/mol. The molecule has 2 rings (SSSR count). The maximum atomic E-state index is 10.9. The first-order chi connectivity index (χ1) is 6.20. The number of ether oxygens (including phenoxy) is 1. The molecule has 4 atom stereocenters. The Morgan fingerprint density at radius 2 is 2.15 bits per heavy atom. The third kappa shape index (κ3) is 1.50. The Morgan fingerprint density at radius 3 is 2.62 bits per heavy atom. The molecule has 4 nitrogen and oxygen atoms in total. The monoisotopic (exact) mass is 185 g/mol. The Kier molecular flexibility index (Phi) is 2.15. The zero-order valence-electron chi connectivity index (χ0n) is 7.69. The molecule has 2 aliphatic rings. The molecule has 4 unspecified atom stereocenters. The molecule has 4 heteroatoms. The van der Waals surface area contributed by atoms with E-state index in [1.54, 1.807) is 7.05 Å². The summed E-state index contributed by atoms with van der Waals surface area (Å²) >= 11 is 0. The third-order valence-corrected chi connectivity index (χ3v) is 3.22. The molecule has 0 aromatic rings. The lowest BCUT2D eigenvalue weighted by atomic mass is 9.95. The molecule has 0 aromatic carbocycles. The number of fused-ring (bicyclic) bond motifs is 2. The molecule has 2 fully saturated rings. The quantitative estimate of drug-likeness (QED) is 0.625. The van der Waals surface area contributed by atoms with Crippen LogP contribution < -0.4 is 5.32 Å². The van der Waals surface area contributed by atoms with Crippen molar-refractivity contribution in [2.75, 3.05) is 7.05 Å². The van der Waals surface area contributed by atoms with Gasteiger partial charge in [-0.2, -0.15) is 0 Å². The van der Waals surface area contributed by atoms with Crippen molar-refractivity contribution in [1.82, 2.24) is 5.32 Å². The second-order valence-corrected chi connectivity index (χ2v) is 3.99. The lowest BCUT2D eigenvalue weighted by Crippen LogP contribution is -2.32. The summed E-state index contributed by atoms with van der Waals surface area (Å²) in [4.78, 5) is 10.9. The first kappa shape index (κ1) is 8.81. The van der Waals surface area contributed by atoms with Gasteiger partial charge < -0.3 is 15.2 Å². The van der Waals surface area contributed by atoms with Gasteiger partial charge in [0.2, 0.25) is 0 Å².